The van der Waals surface area contributed by atoms with E-state index in [4.69, 9.17) is 0 Å². The summed E-state index contributed by atoms with van der Waals surface area (Å²) in [6, 6.07) is 0. The van der Waals surface area contributed by atoms with Crippen molar-refractivity contribution in [2.75, 3.05) is 0 Å². The monoisotopic (exact) mass is 287 g/mol. The predicted molar refractivity (Wildman–Crippen MR) is 8.54 cm³/mol. The Bertz CT molecular complexity index is 8.00. The summed E-state index contributed by atoms with van der Waals surface area (Å²) in [7, 11) is 0. The molecular formula is H2LaMgNiZn. The first-order valence-electron chi connectivity index (χ1n) is 0. The molecule has 0 atom stereocenters. The first-order chi connectivity index (χ1) is 0. The van der Waals surface area contributed by atoms with Gasteiger partial charge in [0, 0.05) is 71.6 Å². The minimum absolute atomic E-state index is 0. The molecule has 4 heavy (non-hydrogen) atoms. The molecule has 0 saturated heterocycles. The van der Waals surface area contributed by atoms with Gasteiger partial charge in [0.2, 0.25) is 0 Å². The van der Waals surface area contributed by atoms with Crippen LogP contribution >= 0.6 is 0 Å². The minimum atomic E-state index is 0. The second kappa shape index (κ2) is 16.5. The van der Waals surface area contributed by atoms with Crippen LogP contribution in [0.15, 0.2) is 0 Å². The predicted octanol–water partition coefficient (Wildman–Crippen LogP) is -0.921. The van der Waals surface area contributed by atoms with Crippen molar-refractivity contribution in [2.24, 2.45) is 0 Å². The molecule has 0 fully saturated rings. The van der Waals surface area contributed by atoms with Crippen LogP contribution in [-0.2, 0) is 36.0 Å². The van der Waals surface area contributed by atoms with Crippen molar-refractivity contribution in [3.05, 3.63) is 0 Å². The van der Waals surface area contributed by atoms with Crippen molar-refractivity contribution in [3.8, 4) is 0 Å². The van der Waals surface area contributed by atoms with Crippen LogP contribution in [0.5, 0.6) is 0 Å². The van der Waals surface area contributed by atoms with Crippen molar-refractivity contribution in [1.29, 1.82) is 0 Å². The smallest absolute Gasteiger partial charge is 0 e. The Morgan fingerprint density at radius 2 is 1.00 bits per heavy atom. The van der Waals surface area contributed by atoms with Crippen LogP contribution in [0, 0.1) is 35.6 Å². The van der Waals surface area contributed by atoms with Gasteiger partial charge in [-0.05, 0) is 0 Å². The molecule has 0 aromatic rings. The number of hydrogen-bond donors (Lipinski definition) is 0. The van der Waals surface area contributed by atoms with Gasteiger partial charge in [-0.2, -0.15) is 0 Å². The van der Waals surface area contributed by atoms with Gasteiger partial charge in [0.1, 0.15) is 0 Å². The molecular weight excluding hydrogens is 287 g/mol. The molecule has 0 rings (SSSR count). The van der Waals surface area contributed by atoms with Gasteiger partial charge >= 0.3 is 23.1 Å². The SMILES string of the molecule is [La].[MgH2].[Ni].[Zn]. The van der Waals surface area contributed by atoms with E-state index in [2.05, 4.69) is 0 Å². The first kappa shape index (κ1) is 27.6. The van der Waals surface area contributed by atoms with Gasteiger partial charge in [-0.15, -0.1) is 0 Å². The summed E-state index contributed by atoms with van der Waals surface area (Å²) in [5.74, 6) is 0. The Hall–Kier alpha value is 3.08. The van der Waals surface area contributed by atoms with Gasteiger partial charge in [-0.3, -0.25) is 0 Å². The van der Waals surface area contributed by atoms with Crippen LogP contribution in [0.3, 0.4) is 0 Å². The molecule has 19 valence electrons. The van der Waals surface area contributed by atoms with E-state index in [1.165, 1.54) is 0 Å². The topological polar surface area (TPSA) is 0 Å². The summed E-state index contributed by atoms with van der Waals surface area (Å²) in [5.41, 5.74) is 0. The number of rotatable bonds is 0. The van der Waals surface area contributed by atoms with Crippen molar-refractivity contribution < 1.29 is 71.6 Å². The summed E-state index contributed by atoms with van der Waals surface area (Å²) in [4.78, 5) is 0. The van der Waals surface area contributed by atoms with Crippen molar-refractivity contribution in [2.45, 2.75) is 0 Å². The quantitative estimate of drug-likeness (QED) is 0.506. The maximum Gasteiger partial charge on any atom is 0.316 e. The molecule has 0 aliphatic carbocycles. The molecule has 0 aromatic carbocycles. The summed E-state index contributed by atoms with van der Waals surface area (Å²) in [6.07, 6.45) is 0. The van der Waals surface area contributed by atoms with Crippen molar-refractivity contribution >= 4 is 23.1 Å². The van der Waals surface area contributed by atoms with Crippen LogP contribution < -0.4 is 0 Å². The van der Waals surface area contributed by atoms with Gasteiger partial charge in [-0.1, -0.05) is 0 Å². The van der Waals surface area contributed by atoms with E-state index in [-0.39, 0.29) is 94.6 Å². The van der Waals surface area contributed by atoms with Crippen LogP contribution in [0.1, 0.15) is 0 Å². The Morgan fingerprint density at radius 3 is 1.00 bits per heavy atom. The molecule has 0 spiro atoms. The van der Waals surface area contributed by atoms with E-state index in [9.17, 15) is 0 Å². The van der Waals surface area contributed by atoms with E-state index in [1.54, 1.807) is 0 Å². The molecule has 0 aliphatic heterocycles. The molecule has 0 heterocycles. The van der Waals surface area contributed by atoms with Gasteiger partial charge < -0.3 is 0 Å². The molecule has 4 heteroatoms. The fraction of sp³-hybridized carbons (Fsp3) is 0. The Morgan fingerprint density at radius 1 is 1.00 bits per heavy atom. The largest absolute Gasteiger partial charge is 0.316 e. The van der Waals surface area contributed by atoms with Crippen LogP contribution in [0.2, 0.25) is 0 Å². The molecule has 0 aromatic heterocycles. The first-order valence-corrected chi connectivity index (χ1v) is 0. The Labute approximate surface area is 92.7 Å². The van der Waals surface area contributed by atoms with E-state index >= 15 is 0 Å². The average Bonchev–Trinajstić information content (AvgIpc) is 0. The maximum absolute atomic E-state index is 0. The van der Waals surface area contributed by atoms with Gasteiger partial charge in [-0.25, -0.2) is 0 Å². The Balaban J connectivity index is 0. The molecule has 0 bridgehead atoms. The van der Waals surface area contributed by atoms with Gasteiger partial charge in [0.05, 0.1) is 0 Å². The van der Waals surface area contributed by atoms with Crippen molar-refractivity contribution in [1.82, 2.24) is 0 Å². The fourth-order valence-corrected chi connectivity index (χ4v) is 0. The maximum atomic E-state index is 0. The summed E-state index contributed by atoms with van der Waals surface area (Å²) >= 11 is 0. The molecule has 0 N–H and O–H groups in total. The van der Waals surface area contributed by atoms with E-state index in [0.29, 0.717) is 0 Å². The van der Waals surface area contributed by atoms with Gasteiger partial charge in [0.25, 0.3) is 0 Å². The molecule has 1 radical (unpaired) electrons. The zero-order valence-corrected chi connectivity index (χ0v) is 9.18. The standard InChI is InChI=1S/La.Mg.Ni.Zn.2H. The Kier molecular flexibility index (Phi) is 114. The van der Waals surface area contributed by atoms with Crippen molar-refractivity contribution in [3.63, 3.8) is 0 Å². The van der Waals surface area contributed by atoms with Gasteiger partial charge in [0.15, 0.2) is 0 Å². The van der Waals surface area contributed by atoms with Crippen LogP contribution in [0.25, 0.3) is 0 Å². The third-order valence-corrected chi connectivity index (χ3v) is 0. The zero-order valence-electron chi connectivity index (χ0n) is 1.60. The zero-order chi connectivity index (χ0) is 0. The van der Waals surface area contributed by atoms with E-state index in [0.717, 1.165) is 0 Å². The molecule has 0 nitrogen and oxygen atoms in total. The molecule has 0 amide bonds. The van der Waals surface area contributed by atoms with E-state index < -0.39 is 0 Å². The summed E-state index contributed by atoms with van der Waals surface area (Å²) < 4.78 is 0. The van der Waals surface area contributed by atoms with Crippen LogP contribution in [-0.4, -0.2) is 23.1 Å². The summed E-state index contributed by atoms with van der Waals surface area (Å²) in [6.45, 7) is 0. The molecule has 0 aliphatic rings. The normalized spacial score (nSPS) is 0. The third kappa shape index (κ3) is 8.91. The average molecular weight is 289 g/mol. The van der Waals surface area contributed by atoms with Crippen LogP contribution in [0.4, 0.5) is 0 Å². The fourth-order valence-electron chi connectivity index (χ4n) is 0. The summed E-state index contributed by atoms with van der Waals surface area (Å²) in [5, 5.41) is 0. The third-order valence-electron chi connectivity index (χ3n) is 0. The second-order valence-electron chi connectivity index (χ2n) is 0. The van der Waals surface area contributed by atoms with E-state index in [1.807, 2.05) is 0 Å². The second-order valence-corrected chi connectivity index (χ2v) is 0. The number of hydrogen-bond acceptors (Lipinski definition) is 0. The minimum Gasteiger partial charge on any atom is 0 e. The molecule has 0 saturated carbocycles. The molecule has 0 unspecified atom stereocenters.